The first-order valence-electron chi connectivity index (χ1n) is 7.02. The summed E-state index contributed by atoms with van der Waals surface area (Å²) in [5, 5.41) is 10.4. The van der Waals surface area contributed by atoms with Gasteiger partial charge in [0, 0.05) is 33.9 Å². The van der Waals surface area contributed by atoms with Crippen molar-refractivity contribution in [2.24, 2.45) is 0 Å². The molecule has 0 aliphatic heterocycles. The van der Waals surface area contributed by atoms with Crippen LogP contribution in [-0.4, -0.2) is 54.2 Å². The minimum atomic E-state index is -0.589. The average Bonchev–Trinajstić information content (AvgIpc) is 2.84. The van der Waals surface area contributed by atoms with E-state index in [0.717, 1.165) is 31.5 Å². The van der Waals surface area contributed by atoms with Gasteiger partial charge in [0.05, 0.1) is 11.2 Å². The quantitative estimate of drug-likeness (QED) is 0.906. The van der Waals surface area contributed by atoms with E-state index >= 15 is 0 Å². The molecule has 1 saturated carbocycles. The summed E-state index contributed by atoms with van der Waals surface area (Å²) in [6.07, 6.45) is 5.48. The fourth-order valence-electron chi connectivity index (χ4n) is 2.71. The molecular weight excluding hydrogens is 254 g/mol. The number of aromatic nitrogens is 1. The van der Waals surface area contributed by atoms with Gasteiger partial charge in [-0.3, -0.25) is 4.79 Å². The lowest BCUT2D eigenvalue weighted by molar-refractivity contribution is 0.0557. The van der Waals surface area contributed by atoms with Crippen LogP contribution in [0.2, 0.25) is 0 Å². The largest absolute Gasteiger partial charge is 0.388 e. The van der Waals surface area contributed by atoms with E-state index in [0.29, 0.717) is 12.1 Å². The maximum absolute atomic E-state index is 11.8. The van der Waals surface area contributed by atoms with Crippen molar-refractivity contribution in [3.8, 4) is 0 Å². The van der Waals surface area contributed by atoms with Crippen LogP contribution in [0.25, 0.3) is 0 Å². The number of carbonyl (C=O) groups is 1. The molecule has 1 amide bonds. The standard InChI is InChI=1S/C15H23N3O2/c1-17(2)14(19)12-6-7-13(16-10-12)18(3)11-15(20)8-4-5-9-15/h6-7,10,20H,4-5,8-9,11H2,1-3H3. The normalized spacial score (nSPS) is 17.0. The summed E-state index contributed by atoms with van der Waals surface area (Å²) in [5.41, 5.74) is -0.0131. The van der Waals surface area contributed by atoms with E-state index in [-0.39, 0.29) is 5.91 Å². The number of hydrogen-bond donors (Lipinski definition) is 1. The van der Waals surface area contributed by atoms with Crippen LogP contribution in [0.1, 0.15) is 36.0 Å². The monoisotopic (exact) mass is 277 g/mol. The minimum Gasteiger partial charge on any atom is -0.388 e. The van der Waals surface area contributed by atoms with Crippen LogP contribution in [-0.2, 0) is 0 Å². The maximum atomic E-state index is 11.8. The molecule has 0 bridgehead atoms. The first-order valence-corrected chi connectivity index (χ1v) is 7.02. The number of aliphatic hydroxyl groups is 1. The van der Waals surface area contributed by atoms with Crippen molar-refractivity contribution in [1.29, 1.82) is 0 Å². The Morgan fingerprint density at radius 1 is 1.30 bits per heavy atom. The summed E-state index contributed by atoms with van der Waals surface area (Å²) in [5.74, 6) is 0.724. The summed E-state index contributed by atoms with van der Waals surface area (Å²) in [6.45, 7) is 0.584. The SMILES string of the molecule is CN(C)C(=O)c1ccc(N(C)CC2(O)CCCC2)nc1. The number of amides is 1. The molecule has 110 valence electrons. The van der Waals surface area contributed by atoms with Gasteiger partial charge in [0.15, 0.2) is 0 Å². The van der Waals surface area contributed by atoms with E-state index in [2.05, 4.69) is 4.98 Å². The number of hydrogen-bond acceptors (Lipinski definition) is 4. The second-order valence-electron chi connectivity index (χ2n) is 5.89. The fraction of sp³-hybridized carbons (Fsp3) is 0.600. The van der Waals surface area contributed by atoms with Crippen LogP contribution < -0.4 is 4.90 Å². The van der Waals surface area contributed by atoms with Gasteiger partial charge in [-0.15, -0.1) is 0 Å². The highest BCUT2D eigenvalue weighted by Crippen LogP contribution is 2.30. The Balaban J connectivity index is 2.04. The molecule has 1 aromatic rings. The lowest BCUT2D eigenvalue weighted by atomic mass is 10.0. The van der Waals surface area contributed by atoms with Gasteiger partial charge in [0.2, 0.25) is 0 Å². The number of nitrogens with zero attached hydrogens (tertiary/aromatic N) is 3. The Hall–Kier alpha value is -1.62. The highest BCUT2D eigenvalue weighted by atomic mass is 16.3. The van der Waals surface area contributed by atoms with E-state index < -0.39 is 5.60 Å². The molecule has 5 heteroatoms. The summed E-state index contributed by atoms with van der Waals surface area (Å²) >= 11 is 0. The van der Waals surface area contributed by atoms with Crippen LogP contribution >= 0.6 is 0 Å². The Morgan fingerprint density at radius 3 is 2.45 bits per heavy atom. The molecule has 0 unspecified atom stereocenters. The molecule has 1 heterocycles. The number of anilines is 1. The van der Waals surface area contributed by atoms with E-state index in [9.17, 15) is 9.90 Å². The predicted octanol–water partition coefficient (Wildman–Crippen LogP) is 1.52. The maximum Gasteiger partial charge on any atom is 0.254 e. The van der Waals surface area contributed by atoms with Crippen LogP contribution in [0.4, 0.5) is 5.82 Å². The highest BCUT2D eigenvalue weighted by molar-refractivity contribution is 5.93. The molecule has 1 aromatic heterocycles. The topological polar surface area (TPSA) is 56.7 Å². The highest BCUT2D eigenvalue weighted by Gasteiger charge is 2.32. The van der Waals surface area contributed by atoms with Gasteiger partial charge in [-0.25, -0.2) is 4.98 Å². The molecule has 2 rings (SSSR count). The summed E-state index contributed by atoms with van der Waals surface area (Å²) in [6, 6.07) is 3.61. The van der Waals surface area contributed by atoms with E-state index in [1.54, 1.807) is 26.4 Å². The minimum absolute atomic E-state index is 0.0545. The van der Waals surface area contributed by atoms with E-state index in [1.807, 2.05) is 18.0 Å². The lowest BCUT2D eigenvalue weighted by Crippen LogP contribution is -2.39. The van der Waals surface area contributed by atoms with Gasteiger partial charge in [-0.1, -0.05) is 12.8 Å². The molecule has 1 aliphatic carbocycles. The van der Waals surface area contributed by atoms with Crippen molar-refractivity contribution in [3.63, 3.8) is 0 Å². The molecule has 0 atom stereocenters. The van der Waals surface area contributed by atoms with Gasteiger partial charge in [-0.05, 0) is 25.0 Å². The van der Waals surface area contributed by atoms with Crippen LogP contribution in [0.3, 0.4) is 0 Å². The molecule has 1 aliphatic rings. The van der Waals surface area contributed by atoms with Crippen LogP contribution in [0.5, 0.6) is 0 Å². The number of carbonyl (C=O) groups excluding carboxylic acids is 1. The van der Waals surface area contributed by atoms with Gasteiger partial charge in [0.1, 0.15) is 5.82 Å². The number of rotatable bonds is 4. The summed E-state index contributed by atoms with van der Waals surface area (Å²) in [7, 11) is 5.36. The predicted molar refractivity (Wildman–Crippen MR) is 78.9 cm³/mol. The molecule has 0 saturated heterocycles. The molecule has 0 spiro atoms. The Morgan fingerprint density at radius 2 is 1.95 bits per heavy atom. The second kappa shape index (κ2) is 5.79. The third-order valence-electron chi connectivity index (χ3n) is 3.86. The van der Waals surface area contributed by atoms with E-state index in [1.165, 1.54) is 4.90 Å². The van der Waals surface area contributed by atoms with Crippen molar-refractivity contribution >= 4 is 11.7 Å². The first-order chi connectivity index (χ1) is 9.41. The third-order valence-corrected chi connectivity index (χ3v) is 3.86. The third kappa shape index (κ3) is 3.28. The van der Waals surface area contributed by atoms with Gasteiger partial charge >= 0.3 is 0 Å². The molecular formula is C15H23N3O2. The zero-order valence-corrected chi connectivity index (χ0v) is 12.5. The molecule has 1 N–H and O–H groups in total. The number of pyridine rings is 1. The van der Waals surface area contributed by atoms with Crippen LogP contribution in [0, 0.1) is 0 Å². The second-order valence-corrected chi connectivity index (χ2v) is 5.89. The van der Waals surface area contributed by atoms with Gasteiger partial charge in [0.25, 0.3) is 5.91 Å². The van der Waals surface area contributed by atoms with E-state index in [4.69, 9.17) is 0 Å². The van der Waals surface area contributed by atoms with Gasteiger partial charge < -0.3 is 14.9 Å². The van der Waals surface area contributed by atoms with Crippen molar-refractivity contribution in [2.75, 3.05) is 32.6 Å². The van der Waals surface area contributed by atoms with Crippen molar-refractivity contribution in [1.82, 2.24) is 9.88 Å². The van der Waals surface area contributed by atoms with Crippen molar-refractivity contribution in [3.05, 3.63) is 23.9 Å². The molecule has 20 heavy (non-hydrogen) atoms. The van der Waals surface area contributed by atoms with Crippen LogP contribution in [0.15, 0.2) is 18.3 Å². The molecule has 0 aromatic carbocycles. The average molecular weight is 277 g/mol. The smallest absolute Gasteiger partial charge is 0.254 e. The lowest BCUT2D eigenvalue weighted by Gasteiger charge is -2.29. The Kier molecular flexibility index (Phi) is 4.28. The summed E-state index contributed by atoms with van der Waals surface area (Å²) < 4.78 is 0. The fourth-order valence-corrected chi connectivity index (χ4v) is 2.71. The molecule has 5 nitrogen and oxygen atoms in total. The van der Waals surface area contributed by atoms with Gasteiger partial charge in [-0.2, -0.15) is 0 Å². The number of likely N-dealkylation sites (N-methyl/N-ethyl adjacent to an activating group) is 1. The molecule has 0 radical (unpaired) electrons. The zero-order chi connectivity index (χ0) is 14.8. The Labute approximate surface area is 120 Å². The molecule has 1 fully saturated rings. The zero-order valence-electron chi connectivity index (χ0n) is 12.5. The van der Waals surface area contributed by atoms with Crippen molar-refractivity contribution < 1.29 is 9.90 Å². The Bertz CT molecular complexity index is 465. The van der Waals surface area contributed by atoms with Crippen molar-refractivity contribution in [2.45, 2.75) is 31.3 Å². The first kappa shape index (κ1) is 14.8. The summed E-state index contributed by atoms with van der Waals surface area (Å²) in [4.78, 5) is 19.6.